The van der Waals surface area contributed by atoms with E-state index in [1.807, 2.05) is 13.8 Å². The van der Waals surface area contributed by atoms with Crippen molar-refractivity contribution in [2.24, 2.45) is 0 Å². The smallest absolute Gasteiger partial charge is 0.221 e. The summed E-state index contributed by atoms with van der Waals surface area (Å²) < 4.78 is 11.0. The lowest BCUT2D eigenvalue weighted by molar-refractivity contribution is -0.141. The minimum absolute atomic E-state index is 0.120. The highest BCUT2D eigenvalue weighted by molar-refractivity contribution is 5.77. The predicted molar refractivity (Wildman–Crippen MR) is 58.9 cm³/mol. The van der Waals surface area contributed by atoms with E-state index in [0.29, 0.717) is 26.2 Å². The molecule has 2 N–H and O–H groups in total. The molecule has 2 unspecified atom stereocenters. The average molecular weight is 228 g/mol. The summed E-state index contributed by atoms with van der Waals surface area (Å²) in [4.78, 5) is 11.3. The lowest BCUT2D eigenvalue weighted by Gasteiger charge is -2.31. The molecule has 5 heteroatoms. The quantitative estimate of drug-likeness (QED) is 0.714. The summed E-state index contributed by atoms with van der Waals surface area (Å²) in [6, 6.07) is 0.477. The largest absolute Gasteiger partial charge is 0.354 e. The van der Waals surface area contributed by atoms with E-state index in [4.69, 9.17) is 9.47 Å². The van der Waals surface area contributed by atoms with Gasteiger partial charge in [-0.3, -0.25) is 4.79 Å². The van der Waals surface area contributed by atoms with E-state index < -0.39 is 5.79 Å². The Kier molecular flexibility index (Phi) is 3.47. The number of hydrogen-bond donors (Lipinski definition) is 2. The monoisotopic (exact) mass is 228 g/mol. The van der Waals surface area contributed by atoms with Crippen molar-refractivity contribution in [3.63, 3.8) is 0 Å². The number of rotatable bonds is 3. The van der Waals surface area contributed by atoms with Gasteiger partial charge in [-0.2, -0.15) is 0 Å². The van der Waals surface area contributed by atoms with Gasteiger partial charge in [0.15, 0.2) is 5.79 Å². The van der Waals surface area contributed by atoms with Gasteiger partial charge >= 0.3 is 0 Å². The normalized spacial score (nSPS) is 33.8. The van der Waals surface area contributed by atoms with Crippen LogP contribution in [0.1, 0.15) is 26.7 Å². The maximum atomic E-state index is 11.3. The second-order valence-corrected chi connectivity index (χ2v) is 4.82. The van der Waals surface area contributed by atoms with E-state index in [9.17, 15) is 4.79 Å². The Bertz CT molecular complexity index is 264. The zero-order valence-corrected chi connectivity index (χ0v) is 9.91. The van der Waals surface area contributed by atoms with Crippen LogP contribution in [0, 0.1) is 0 Å². The van der Waals surface area contributed by atoms with E-state index in [0.717, 1.165) is 6.42 Å². The molecule has 2 atom stereocenters. The molecule has 1 amide bonds. The number of amides is 1. The molecule has 16 heavy (non-hydrogen) atoms. The molecule has 2 aliphatic rings. The second kappa shape index (κ2) is 4.69. The first kappa shape index (κ1) is 11.8. The Morgan fingerprint density at radius 2 is 2.19 bits per heavy atom. The lowest BCUT2D eigenvalue weighted by atomic mass is 10.00. The van der Waals surface area contributed by atoms with E-state index in [-0.39, 0.29) is 18.0 Å². The highest BCUT2D eigenvalue weighted by atomic mass is 16.7. The number of piperidine rings is 1. The summed E-state index contributed by atoms with van der Waals surface area (Å²) in [5, 5.41) is 6.26. The van der Waals surface area contributed by atoms with Gasteiger partial charge in [-0.25, -0.2) is 0 Å². The highest BCUT2D eigenvalue weighted by Crippen LogP contribution is 2.18. The number of ether oxygens (including phenoxy) is 2. The van der Waals surface area contributed by atoms with Gasteiger partial charge in [-0.15, -0.1) is 0 Å². The van der Waals surface area contributed by atoms with Crippen LogP contribution in [0.4, 0.5) is 0 Å². The van der Waals surface area contributed by atoms with E-state index in [1.54, 1.807) is 0 Å². The van der Waals surface area contributed by atoms with Gasteiger partial charge in [-0.05, 0) is 20.3 Å². The molecule has 0 aromatic carbocycles. The average Bonchev–Trinajstić information content (AvgIpc) is 2.62. The maximum Gasteiger partial charge on any atom is 0.221 e. The zero-order valence-electron chi connectivity index (χ0n) is 9.91. The molecule has 0 aliphatic carbocycles. The van der Waals surface area contributed by atoms with Crippen LogP contribution >= 0.6 is 0 Å². The number of carbonyl (C=O) groups excluding carboxylic acids is 1. The summed E-state index contributed by atoms with van der Waals surface area (Å²) in [6.07, 6.45) is 1.50. The third-order valence-electron chi connectivity index (χ3n) is 3.09. The van der Waals surface area contributed by atoms with Crippen molar-refractivity contribution < 1.29 is 14.3 Å². The number of hydrogen-bond acceptors (Lipinski definition) is 4. The Morgan fingerprint density at radius 3 is 2.81 bits per heavy atom. The molecule has 5 nitrogen and oxygen atoms in total. The van der Waals surface area contributed by atoms with Gasteiger partial charge in [0.2, 0.25) is 5.91 Å². The summed E-state index contributed by atoms with van der Waals surface area (Å²) in [7, 11) is 0. The molecular formula is C11H20N2O3. The van der Waals surface area contributed by atoms with Crippen LogP contribution in [0.3, 0.4) is 0 Å². The van der Waals surface area contributed by atoms with Gasteiger partial charge < -0.3 is 20.1 Å². The van der Waals surface area contributed by atoms with Crippen LogP contribution in [0.5, 0.6) is 0 Å². The topological polar surface area (TPSA) is 59.6 Å². The predicted octanol–water partition coefficient (Wildman–Crippen LogP) is 0.00610. The molecule has 2 saturated heterocycles. The molecule has 0 spiro atoms. The first-order valence-corrected chi connectivity index (χ1v) is 5.88. The maximum absolute atomic E-state index is 11.3. The molecule has 0 radical (unpaired) electrons. The van der Waals surface area contributed by atoms with Crippen molar-refractivity contribution in [2.45, 2.75) is 44.6 Å². The molecule has 0 bridgehead atoms. The van der Waals surface area contributed by atoms with Crippen molar-refractivity contribution in [1.82, 2.24) is 10.6 Å². The van der Waals surface area contributed by atoms with Crippen molar-refractivity contribution >= 4 is 5.91 Å². The van der Waals surface area contributed by atoms with Crippen LogP contribution < -0.4 is 10.6 Å². The van der Waals surface area contributed by atoms with Crippen LogP contribution in [0.15, 0.2) is 0 Å². The molecule has 0 aromatic rings. The van der Waals surface area contributed by atoms with Gasteiger partial charge in [-0.1, -0.05) is 0 Å². The Hall–Kier alpha value is -0.650. The molecule has 2 fully saturated rings. The van der Waals surface area contributed by atoms with E-state index >= 15 is 0 Å². The lowest BCUT2D eigenvalue weighted by Crippen LogP contribution is -2.51. The van der Waals surface area contributed by atoms with Crippen LogP contribution in [0.2, 0.25) is 0 Å². The fraction of sp³-hybridized carbons (Fsp3) is 0.909. The van der Waals surface area contributed by atoms with Crippen LogP contribution in [0.25, 0.3) is 0 Å². The molecule has 2 rings (SSSR count). The summed E-state index contributed by atoms with van der Waals surface area (Å²) in [5.41, 5.74) is 0. The Morgan fingerprint density at radius 1 is 1.50 bits per heavy atom. The molecule has 0 saturated carbocycles. The number of carbonyl (C=O) groups is 1. The third kappa shape index (κ3) is 2.93. The molecule has 2 aliphatic heterocycles. The van der Waals surface area contributed by atoms with E-state index in [2.05, 4.69) is 10.6 Å². The van der Waals surface area contributed by atoms with E-state index in [1.165, 1.54) is 0 Å². The number of nitrogens with one attached hydrogen (secondary N) is 2. The summed E-state index contributed by atoms with van der Waals surface area (Å²) in [6.45, 7) is 5.90. The van der Waals surface area contributed by atoms with Gasteiger partial charge in [0, 0.05) is 25.0 Å². The van der Waals surface area contributed by atoms with Crippen molar-refractivity contribution in [3.8, 4) is 0 Å². The van der Waals surface area contributed by atoms with Crippen LogP contribution in [-0.2, 0) is 14.3 Å². The van der Waals surface area contributed by atoms with Crippen LogP contribution in [-0.4, -0.2) is 43.5 Å². The highest BCUT2D eigenvalue weighted by Gasteiger charge is 2.32. The molecule has 2 heterocycles. The van der Waals surface area contributed by atoms with Gasteiger partial charge in [0.1, 0.15) is 0 Å². The summed E-state index contributed by atoms with van der Waals surface area (Å²) in [5.74, 6) is -0.397. The summed E-state index contributed by atoms with van der Waals surface area (Å²) >= 11 is 0. The molecule has 92 valence electrons. The van der Waals surface area contributed by atoms with Crippen molar-refractivity contribution in [1.29, 1.82) is 0 Å². The van der Waals surface area contributed by atoms with Crippen molar-refractivity contribution in [3.05, 3.63) is 0 Å². The second-order valence-electron chi connectivity index (χ2n) is 4.82. The minimum Gasteiger partial charge on any atom is -0.354 e. The minimum atomic E-state index is -0.517. The fourth-order valence-electron chi connectivity index (χ4n) is 2.27. The molecular weight excluding hydrogens is 208 g/mol. The Balaban J connectivity index is 1.78. The standard InChI is InChI=1S/C11H20N2O3/c1-8-5-9(6-10(14)13-8)12-7-11(2)15-3-4-16-11/h8-9,12H,3-7H2,1-2H3,(H,13,14). The Labute approximate surface area is 95.9 Å². The van der Waals surface area contributed by atoms with Crippen molar-refractivity contribution in [2.75, 3.05) is 19.8 Å². The first-order chi connectivity index (χ1) is 7.57. The molecule has 0 aromatic heterocycles. The zero-order chi connectivity index (χ0) is 11.6. The first-order valence-electron chi connectivity index (χ1n) is 5.88. The van der Waals surface area contributed by atoms with Gasteiger partial charge in [0.05, 0.1) is 13.2 Å². The van der Waals surface area contributed by atoms with Gasteiger partial charge in [0.25, 0.3) is 0 Å². The third-order valence-corrected chi connectivity index (χ3v) is 3.09. The SMILES string of the molecule is CC1CC(NCC2(C)OCCO2)CC(=O)N1. The fourth-order valence-corrected chi connectivity index (χ4v) is 2.27.